The molecule has 0 spiro atoms. The van der Waals surface area contributed by atoms with Crippen LogP contribution in [0.1, 0.15) is 46.7 Å². The minimum atomic E-state index is 0.0427. The zero-order valence-electron chi connectivity index (χ0n) is 15.6. The Balaban J connectivity index is 1.29. The quantitative estimate of drug-likeness (QED) is 0.721. The summed E-state index contributed by atoms with van der Waals surface area (Å²) >= 11 is 0. The lowest BCUT2D eigenvalue weighted by atomic mass is 9.89. The van der Waals surface area contributed by atoms with Crippen molar-refractivity contribution in [2.75, 3.05) is 18.4 Å². The van der Waals surface area contributed by atoms with Gasteiger partial charge in [0.2, 0.25) is 5.91 Å². The van der Waals surface area contributed by atoms with Gasteiger partial charge in [0.15, 0.2) is 0 Å². The molecule has 2 aliphatic rings. The number of nitrogens with one attached hydrogen (secondary N) is 2. The van der Waals surface area contributed by atoms with E-state index in [9.17, 15) is 9.59 Å². The maximum atomic E-state index is 13.0. The third-order valence-corrected chi connectivity index (χ3v) is 5.95. The van der Waals surface area contributed by atoms with Crippen LogP contribution in [0, 0.1) is 0 Å². The van der Waals surface area contributed by atoms with Gasteiger partial charge in [0.25, 0.3) is 5.91 Å². The molecular formula is C22H22N4O2. The predicted octanol–water partition coefficient (Wildman–Crippen LogP) is 3.47. The number of H-pyrrole nitrogens is 1. The molecule has 0 aliphatic carbocycles. The summed E-state index contributed by atoms with van der Waals surface area (Å²) < 4.78 is 0. The minimum Gasteiger partial charge on any atom is -0.346 e. The molecule has 2 amide bonds. The van der Waals surface area contributed by atoms with Crippen molar-refractivity contribution in [3.8, 4) is 0 Å². The molecule has 3 aromatic rings. The highest BCUT2D eigenvalue weighted by molar-refractivity contribution is 5.98. The Morgan fingerprint density at radius 3 is 2.86 bits per heavy atom. The number of aromatic nitrogens is 2. The number of pyridine rings is 1. The maximum Gasteiger partial charge on any atom is 0.253 e. The second-order valence-corrected chi connectivity index (χ2v) is 7.63. The summed E-state index contributed by atoms with van der Waals surface area (Å²) in [7, 11) is 0. The van der Waals surface area contributed by atoms with Crippen molar-refractivity contribution in [2.45, 2.75) is 31.6 Å². The highest BCUT2D eigenvalue weighted by Crippen LogP contribution is 2.33. The van der Waals surface area contributed by atoms with Crippen molar-refractivity contribution in [3.63, 3.8) is 0 Å². The standard InChI is InChI=1S/C22H22N4O2/c27-20-6-4-15-12-16(3-5-19(15)25-20)22(28)26-10-7-14(8-11-26)18-13-24-21-17(18)2-1-9-23-21/h1-3,5,9,12-14H,4,6-8,10-11H2,(H,23,24)(H,25,27). The molecule has 4 heterocycles. The van der Waals surface area contributed by atoms with Crippen LogP contribution in [0.15, 0.2) is 42.7 Å². The molecule has 5 rings (SSSR count). The number of nitrogens with zero attached hydrogens (tertiary/aromatic N) is 2. The second-order valence-electron chi connectivity index (χ2n) is 7.63. The first-order valence-electron chi connectivity index (χ1n) is 9.83. The molecule has 0 unspecified atom stereocenters. The number of anilines is 1. The summed E-state index contributed by atoms with van der Waals surface area (Å²) in [6.45, 7) is 1.51. The van der Waals surface area contributed by atoms with Crippen LogP contribution in [0.5, 0.6) is 0 Å². The number of aryl methyl sites for hydroxylation is 1. The number of carbonyl (C=O) groups is 2. The van der Waals surface area contributed by atoms with E-state index >= 15 is 0 Å². The fourth-order valence-corrected chi connectivity index (χ4v) is 4.41. The predicted molar refractivity (Wildman–Crippen MR) is 107 cm³/mol. The van der Waals surface area contributed by atoms with E-state index in [1.165, 1.54) is 10.9 Å². The van der Waals surface area contributed by atoms with Gasteiger partial charge in [-0.3, -0.25) is 9.59 Å². The van der Waals surface area contributed by atoms with Crippen LogP contribution >= 0.6 is 0 Å². The van der Waals surface area contributed by atoms with Crippen molar-refractivity contribution in [1.82, 2.24) is 14.9 Å². The van der Waals surface area contributed by atoms with Gasteiger partial charge in [-0.25, -0.2) is 4.98 Å². The van der Waals surface area contributed by atoms with Gasteiger partial charge in [-0.05, 0) is 66.6 Å². The van der Waals surface area contributed by atoms with Crippen LogP contribution in [-0.4, -0.2) is 39.8 Å². The number of hydrogen-bond acceptors (Lipinski definition) is 3. The van der Waals surface area contributed by atoms with Gasteiger partial charge in [-0.15, -0.1) is 0 Å². The third kappa shape index (κ3) is 2.95. The first-order valence-corrected chi connectivity index (χ1v) is 9.83. The third-order valence-electron chi connectivity index (χ3n) is 5.95. The van der Waals surface area contributed by atoms with E-state index < -0.39 is 0 Å². The fraction of sp³-hybridized carbons (Fsp3) is 0.318. The number of likely N-dealkylation sites (tertiary alicyclic amines) is 1. The molecule has 0 bridgehead atoms. The lowest BCUT2D eigenvalue weighted by Crippen LogP contribution is -2.38. The second kappa shape index (κ2) is 6.78. The number of carbonyl (C=O) groups excluding carboxylic acids is 2. The lowest BCUT2D eigenvalue weighted by Gasteiger charge is -2.32. The molecule has 0 saturated carbocycles. The molecule has 6 nitrogen and oxygen atoms in total. The summed E-state index contributed by atoms with van der Waals surface area (Å²) in [5, 5.41) is 4.05. The molecule has 28 heavy (non-hydrogen) atoms. The zero-order chi connectivity index (χ0) is 19.1. The Morgan fingerprint density at radius 2 is 2.00 bits per heavy atom. The topological polar surface area (TPSA) is 78.1 Å². The minimum absolute atomic E-state index is 0.0427. The van der Waals surface area contributed by atoms with E-state index in [-0.39, 0.29) is 11.8 Å². The molecule has 1 aromatic carbocycles. The van der Waals surface area contributed by atoms with E-state index in [0.717, 1.165) is 42.8 Å². The van der Waals surface area contributed by atoms with Crippen molar-refractivity contribution < 1.29 is 9.59 Å². The number of hydrogen-bond donors (Lipinski definition) is 2. The SMILES string of the molecule is O=C1CCc2cc(C(=O)N3CCC(c4c[nH]c5ncccc45)CC3)ccc2N1. The molecule has 6 heteroatoms. The summed E-state index contributed by atoms with van der Waals surface area (Å²) in [6, 6.07) is 9.69. The van der Waals surface area contributed by atoms with Gasteiger partial charge >= 0.3 is 0 Å². The van der Waals surface area contributed by atoms with Crippen molar-refractivity contribution >= 4 is 28.5 Å². The van der Waals surface area contributed by atoms with Gasteiger partial charge < -0.3 is 15.2 Å². The lowest BCUT2D eigenvalue weighted by molar-refractivity contribution is -0.116. The molecule has 0 radical (unpaired) electrons. The van der Waals surface area contributed by atoms with Gasteiger partial charge in [0.05, 0.1) is 0 Å². The van der Waals surface area contributed by atoms with Crippen LogP contribution in [0.2, 0.25) is 0 Å². The first kappa shape index (κ1) is 17.0. The number of fused-ring (bicyclic) bond motifs is 2. The maximum absolute atomic E-state index is 13.0. The first-order chi connectivity index (χ1) is 13.7. The van der Waals surface area contributed by atoms with Crippen LogP contribution in [0.3, 0.4) is 0 Å². The highest BCUT2D eigenvalue weighted by Gasteiger charge is 2.27. The van der Waals surface area contributed by atoms with Crippen LogP contribution in [0.25, 0.3) is 11.0 Å². The Morgan fingerprint density at radius 1 is 1.14 bits per heavy atom. The van der Waals surface area contributed by atoms with Crippen LogP contribution < -0.4 is 5.32 Å². The Hall–Kier alpha value is -3.15. The van der Waals surface area contributed by atoms with E-state index in [1.807, 2.05) is 29.2 Å². The number of piperidine rings is 1. The normalized spacial score (nSPS) is 17.4. The monoisotopic (exact) mass is 374 g/mol. The molecule has 2 aromatic heterocycles. The molecule has 1 saturated heterocycles. The fourth-order valence-electron chi connectivity index (χ4n) is 4.41. The van der Waals surface area contributed by atoms with Gasteiger partial charge in [0, 0.05) is 48.5 Å². The largest absolute Gasteiger partial charge is 0.346 e. The number of aromatic amines is 1. The molecule has 2 aliphatic heterocycles. The summed E-state index contributed by atoms with van der Waals surface area (Å²) in [5.41, 5.74) is 4.83. The zero-order valence-corrected chi connectivity index (χ0v) is 15.6. The van der Waals surface area contributed by atoms with E-state index in [1.54, 1.807) is 6.20 Å². The van der Waals surface area contributed by atoms with E-state index in [4.69, 9.17) is 0 Å². The van der Waals surface area contributed by atoms with Gasteiger partial charge in [-0.2, -0.15) is 0 Å². The summed E-state index contributed by atoms with van der Waals surface area (Å²) in [6.07, 6.45) is 6.95. The number of amides is 2. The molecule has 1 fully saturated rings. The van der Waals surface area contributed by atoms with E-state index in [2.05, 4.69) is 27.5 Å². The molecular weight excluding hydrogens is 352 g/mol. The van der Waals surface area contributed by atoms with Gasteiger partial charge in [0.1, 0.15) is 5.65 Å². The van der Waals surface area contributed by atoms with Crippen LogP contribution in [-0.2, 0) is 11.2 Å². The number of benzene rings is 1. The molecule has 2 N–H and O–H groups in total. The van der Waals surface area contributed by atoms with Gasteiger partial charge in [-0.1, -0.05) is 0 Å². The number of rotatable bonds is 2. The Bertz CT molecular complexity index is 1060. The molecule has 142 valence electrons. The molecule has 0 atom stereocenters. The van der Waals surface area contributed by atoms with Crippen molar-refractivity contribution in [2.24, 2.45) is 0 Å². The van der Waals surface area contributed by atoms with Crippen molar-refractivity contribution in [1.29, 1.82) is 0 Å². The van der Waals surface area contributed by atoms with Crippen molar-refractivity contribution in [3.05, 3.63) is 59.4 Å². The van der Waals surface area contributed by atoms with Crippen LogP contribution in [0.4, 0.5) is 5.69 Å². The van der Waals surface area contributed by atoms with E-state index in [0.29, 0.717) is 24.3 Å². The average molecular weight is 374 g/mol. The smallest absolute Gasteiger partial charge is 0.253 e. The Labute approximate surface area is 163 Å². The summed E-state index contributed by atoms with van der Waals surface area (Å²) in [4.78, 5) is 34.1. The summed E-state index contributed by atoms with van der Waals surface area (Å²) in [5.74, 6) is 0.570. The average Bonchev–Trinajstić information content (AvgIpc) is 3.17. The Kier molecular flexibility index (Phi) is 4.11. The highest BCUT2D eigenvalue weighted by atomic mass is 16.2.